The molecule has 14 heteroatoms. The molecule has 0 heterocycles. The molecule has 2 aromatic rings. The van der Waals surface area contributed by atoms with E-state index in [0.29, 0.717) is 6.07 Å². The van der Waals surface area contributed by atoms with Crippen molar-refractivity contribution in [1.82, 2.24) is 0 Å². The van der Waals surface area contributed by atoms with Gasteiger partial charge in [0.25, 0.3) is 10.1 Å². The van der Waals surface area contributed by atoms with Gasteiger partial charge in [0.1, 0.15) is 5.75 Å². The summed E-state index contributed by atoms with van der Waals surface area (Å²) in [6, 6.07) is 9.43. The van der Waals surface area contributed by atoms with E-state index in [1.165, 1.54) is 24.3 Å². The van der Waals surface area contributed by atoms with Crippen molar-refractivity contribution < 1.29 is 50.1 Å². The average Bonchev–Trinajstić information content (AvgIpc) is 2.66. The zero-order valence-corrected chi connectivity index (χ0v) is 15.9. The highest BCUT2D eigenvalue weighted by atomic mass is 32.2. The van der Waals surface area contributed by atoms with Crippen LogP contribution < -0.4 is 4.74 Å². The zero-order chi connectivity index (χ0) is 23.4. The van der Waals surface area contributed by atoms with Crippen LogP contribution >= 0.6 is 0 Å². The highest BCUT2D eigenvalue weighted by molar-refractivity contribution is 7.85. The lowest BCUT2D eigenvalue weighted by atomic mass is 10.2. The number of hydrogen-bond acceptors (Lipinski definition) is 8. The van der Waals surface area contributed by atoms with E-state index in [0.717, 1.165) is 12.1 Å². The molecule has 0 fully saturated rings. The molecule has 31 heavy (non-hydrogen) atoms. The second kappa shape index (κ2) is 9.09. The van der Waals surface area contributed by atoms with E-state index in [9.17, 15) is 41.3 Å². The van der Waals surface area contributed by atoms with Crippen molar-refractivity contribution >= 4 is 27.7 Å². The monoisotopic (exact) mass is 463 g/mol. The Bertz CT molecular complexity index is 1100. The molecule has 0 amide bonds. The molecule has 10 nitrogen and oxygen atoms in total. The van der Waals surface area contributed by atoms with E-state index in [-0.39, 0.29) is 5.56 Å². The fourth-order valence-corrected chi connectivity index (χ4v) is 2.83. The van der Waals surface area contributed by atoms with Gasteiger partial charge in [-0.15, -0.1) is 0 Å². The van der Waals surface area contributed by atoms with Gasteiger partial charge < -0.3 is 9.47 Å². The second-order valence-electron chi connectivity index (χ2n) is 5.88. The van der Waals surface area contributed by atoms with Crippen LogP contribution in [0.5, 0.6) is 5.75 Å². The first kappa shape index (κ1) is 23.8. The highest BCUT2D eigenvalue weighted by Gasteiger charge is 2.45. The van der Waals surface area contributed by atoms with Crippen LogP contribution in [0.15, 0.2) is 48.5 Å². The number of ether oxygens (including phenoxy) is 2. The standard InChI is InChI=1S/C17H12F3NO9S/c18-17(19,20)14(9-31(26,27)28)30-16(23)11-6-7-13(12(8-11)21(24)25)29-15(22)10-4-2-1-3-5-10/h1-8,14H,9H2,(H,26,27,28). The lowest BCUT2D eigenvalue weighted by molar-refractivity contribution is -0.385. The second-order valence-corrected chi connectivity index (χ2v) is 7.38. The average molecular weight is 463 g/mol. The molecule has 1 atom stereocenters. The predicted octanol–water partition coefficient (Wildman–Crippen LogP) is 2.79. The van der Waals surface area contributed by atoms with Gasteiger partial charge in [-0.2, -0.15) is 21.6 Å². The summed E-state index contributed by atoms with van der Waals surface area (Å²) in [6.45, 7) is 0. The van der Waals surface area contributed by atoms with E-state index < -0.39 is 62.0 Å². The Labute approximate surface area is 172 Å². The van der Waals surface area contributed by atoms with Crippen LogP contribution in [0.1, 0.15) is 20.7 Å². The van der Waals surface area contributed by atoms with Gasteiger partial charge in [0, 0.05) is 6.07 Å². The summed E-state index contributed by atoms with van der Waals surface area (Å²) in [5.41, 5.74) is -1.63. The Morgan fingerprint density at radius 1 is 1.06 bits per heavy atom. The number of hydrogen-bond donors (Lipinski definition) is 1. The molecule has 0 saturated carbocycles. The highest BCUT2D eigenvalue weighted by Crippen LogP contribution is 2.30. The van der Waals surface area contributed by atoms with Crippen molar-refractivity contribution in [3.05, 3.63) is 69.8 Å². The lowest BCUT2D eigenvalue weighted by Crippen LogP contribution is -2.39. The Kier molecular flexibility index (Phi) is 6.97. The van der Waals surface area contributed by atoms with Gasteiger partial charge in [0.2, 0.25) is 11.9 Å². The number of alkyl halides is 3. The Morgan fingerprint density at radius 3 is 2.19 bits per heavy atom. The summed E-state index contributed by atoms with van der Waals surface area (Å²) < 4.78 is 77.7. The van der Waals surface area contributed by atoms with Gasteiger partial charge >= 0.3 is 23.8 Å². The van der Waals surface area contributed by atoms with E-state index in [1.807, 2.05) is 0 Å². The summed E-state index contributed by atoms with van der Waals surface area (Å²) in [6.07, 6.45) is -8.56. The van der Waals surface area contributed by atoms with E-state index >= 15 is 0 Å². The maximum absolute atomic E-state index is 12.9. The third-order valence-electron chi connectivity index (χ3n) is 3.58. The summed E-state index contributed by atoms with van der Waals surface area (Å²) in [4.78, 5) is 34.2. The van der Waals surface area contributed by atoms with Gasteiger partial charge in [-0.3, -0.25) is 14.7 Å². The first-order valence-electron chi connectivity index (χ1n) is 8.06. The summed E-state index contributed by atoms with van der Waals surface area (Å²) >= 11 is 0. The summed E-state index contributed by atoms with van der Waals surface area (Å²) in [5.74, 6) is -5.28. The van der Waals surface area contributed by atoms with Crippen molar-refractivity contribution in [2.75, 3.05) is 5.75 Å². The SMILES string of the molecule is O=C(Oc1ccc(C(=O)OC(CS(=O)(=O)O)C(F)(F)F)cc1[N+](=O)[O-])c1ccccc1. The molecule has 0 aliphatic carbocycles. The summed E-state index contributed by atoms with van der Waals surface area (Å²) in [5, 5.41) is 11.3. The molecule has 2 aromatic carbocycles. The molecule has 0 radical (unpaired) electrons. The number of esters is 2. The van der Waals surface area contributed by atoms with E-state index in [1.54, 1.807) is 6.07 Å². The minimum Gasteiger partial charge on any atom is -0.448 e. The topological polar surface area (TPSA) is 150 Å². The molecular formula is C17H12F3NO9S. The quantitative estimate of drug-likeness (QED) is 0.215. The lowest BCUT2D eigenvalue weighted by Gasteiger charge is -2.19. The number of nitro benzene ring substituents is 1. The van der Waals surface area contributed by atoms with E-state index in [2.05, 4.69) is 4.74 Å². The van der Waals surface area contributed by atoms with Crippen molar-refractivity contribution in [2.24, 2.45) is 0 Å². The first-order valence-corrected chi connectivity index (χ1v) is 9.67. The molecule has 0 aliphatic rings. The fourth-order valence-electron chi connectivity index (χ4n) is 2.19. The number of benzene rings is 2. The number of halogens is 3. The molecule has 0 saturated heterocycles. The molecule has 1 unspecified atom stereocenters. The van der Waals surface area contributed by atoms with Crippen LogP contribution in [0.25, 0.3) is 0 Å². The van der Waals surface area contributed by atoms with Crippen molar-refractivity contribution in [3.63, 3.8) is 0 Å². The van der Waals surface area contributed by atoms with E-state index in [4.69, 9.17) is 9.29 Å². The Morgan fingerprint density at radius 2 is 1.68 bits per heavy atom. The number of carbonyl (C=O) groups excluding carboxylic acids is 2. The third kappa shape index (κ3) is 6.75. The van der Waals surface area contributed by atoms with Crippen LogP contribution in [-0.2, 0) is 14.9 Å². The van der Waals surface area contributed by atoms with Crippen molar-refractivity contribution in [2.45, 2.75) is 12.3 Å². The van der Waals surface area contributed by atoms with Gasteiger partial charge in [-0.05, 0) is 24.3 Å². The Hall–Kier alpha value is -3.52. The molecule has 2 rings (SSSR count). The fraction of sp³-hybridized carbons (Fsp3) is 0.176. The predicted molar refractivity (Wildman–Crippen MR) is 96.2 cm³/mol. The largest absolute Gasteiger partial charge is 0.448 e. The van der Waals surface area contributed by atoms with Gasteiger partial charge in [0.05, 0.1) is 16.1 Å². The van der Waals surface area contributed by atoms with Crippen molar-refractivity contribution in [1.29, 1.82) is 0 Å². The molecule has 0 aromatic heterocycles. The van der Waals surface area contributed by atoms with Crippen LogP contribution in [0, 0.1) is 10.1 Å². The van der Waals surface area contributed by atoms with Gasteiger partial charge in [0.15, 0.2) is 0 Å². The van der Waals surface area contributed by atoms with Gasteiger partial charge in [-0.25, -0.2) is 9.59 Å². The maximum atomic E-state index is 12.9. The molecule has 166 valence electrons. The molecule has 0 spiro atoms. The van der Waals surface area contributed by atoms with Crippen molar-refractivity contribution in [3.8, 4) is 5.75 Å². The molecule has 1 N–H and O–H groups in total. The van der Waals surface area contributed by atoms with Gasteiger partial charge in [-0.1, -0.05) is 18.2 Å². The summed E-state index contributed by atoms with van der Waals surface area (Å²) in [7, 11) is -5.17. The number of carbonyl (C=O) groups is 2. The number of rotatable bonds is 7. The van der Waals surface area contributed by atoms with Crippen LogP contribution in [-0.4, -0.2) is 47.9 Å². The molecule has 0 bridgehead atoms. The Balaban J connectivity index is 2.29. The van der Waals surface area contributed by atoms with Crippen LogP contribution in [0.4, 0.5) is 18.9 Å². The third-order valence-corrected chi connectivity index (χ3v) is 4.30. The minimum absolute atomic E-state index is 0.0542. The zero-order valence-electron chi connectivity index (χ0n) is 15.1. The molecular weight excluding hydrogens is 451 g/mol. The maximum Gasteiger partial charge on any atom is 0.426 e. The van der Waals surface area contributed by atoms with Crippen LogP contribution in [0.3, 0.4) is 0 Å². The normalized spacial score (nSPS) is 12.6. The van der Waals surface area contributed by atoms with Crippen LogP contribution in [0.2, 0.25) is 0 Å². The smallest absolute Gasteiger partial charge is 0.426 e. The number of nitro groups is 1. The first-order chi connectivity index (χ1) is 14.3. The minimum atomic E-state index is -5.34. The number of nitrogens with zero attached hydrogens (tertiary/aromatic N) is 1. The molecule has 0 aliphatic heterocycles.